The van der Waals surface area contributed by atoms with Crippen LogP contribution >= 0.6 is 0 Å². The second kappa shape index (κ2) is 7.54. The van der Waals surface area contributed by atoms with Crippen molar-refractivity contribution in [1.82, 2.24) is 0 Å². The predicted molar refractivity (Wildman–Crippen MR) is 94.0 cm³/mol. The van der Waals surface area contributed by atoms with Gasteiger partial charge in [0.1, 0.15) is 0 Å². The Morgan fingerprint density at radius 3 is 1.84 bits per heavy atom. The Morgan fingerprint density at radius 2 is 1.42 bits per heavy atom. The van der Waals surface area contributed by atoms with Gasteiger partial charge in [-0.3, -0.25) is 0 Å². The molecule has 0 aromatic carbocycles. The molecule has 0 amide bonds. The van der Waals surface area contributed by atoms with Gasteiger partial charge in [-0.2, -0.15) is 0 Å². The van der Waals surface area contributed by atoms with E-state index in [1.165, 1.54) is 25.3 Å². The van der Waals surface area contributed by atoms with Crippen LogP contribution in [0.5, 0.6) is 0 Å². The SMILES string of the molecule is CCCC[Si](C)(C)O[Si](C)(C)O[Si](C)(C)C(C)CC. The molecule has 0 aliphatic heterocycles. The summed E-state index contributed by atoms with van der Waals surface area (Å²) in [5, 5.41) is 0. The van der Waals surface area contributed by atoms with E-state index in [0.29, 0.717) is 5.54 Å². The second-order valence-corrected chi connectivity index (χ2v) is 20.0. The Kier molecular flexibility index (Phi) is 7.77. The van der Waals surface area contributed by atoms with Crippen LogP contribution in [0.4, 0.5) is 0 Å². The van der Waals surface area contributed by atoms with Crippen LogP contribution in [-0.4, -0.2) is 25.2 Å². The fourth-order valence-electron chi connectivity index (χ4n) is 2.57. The molecule has 0 aromatic heterocycles. The molecule has 0 saturated heterocycles. The van der Waals surface area contributed by atoms with E-state index in [1.807, 2.05) is 0 Å². The van der Waals surface area contributed by atoms with Crippen LogP contribution in [0.3, 0.4) is 0 Å². The van der Waals surface area contributed by atoms with Crippen molar-refractivity contribution in [2.24, 2.45) is 0 Å². The molecule has 0 heterocycles. The zero-order valence-corrected chi connectivity index (χ0v) is 17.7. The molecule has 0 aliphatic carbocycles. The molecule has 0 aromatic rings. The van der Waals surface area contributed by atoms with Gasteiger partial charge in [0.15, 0.2) is 16.6 Å². The number of hydrogen-bond donors (Lipinski definition) is 0. The van der Waals surface area contributed by atoms with Crippen molar-refractivity contribution >= 4 is 25.2 Å². The molecule has 0 rings (SSSR count). The zero-order chi connectivity index (χ0) is 15.3. The molecule has 2 nitrogen and oxygen atoms in total. The van der Waals surface area contributed by atoms with Crippen LogP contribution in [0.1, 0.15) is 40.0 Å². The molecular formula is C14H36O2Si3. The molecule has 1 atom stereocenters. The molecule has 0 saturated carbocycles. The van der Waals surface area contributed by atoms with Gasteiger partial charge < -0.3 is 8.23 Å². The smallest absolute Gasteiger partial charge is 0.311 e. The first-order valence-corrected chi connectivity index (χ1v) is 16.8. The first-order valence-electron chi connectivity index (χ1n) is 7.86. The van der Waals surface area contributed by atoms with Crippen LogP contribution in [-0.2, 0) is 8.23 Å². The van der Waals surface area contributed by atoms with E-state index in [2.05, 4.69) is 60.1 Å². The van der Waals surface area contributed by atoms with E-state index in [1.54, 1.807) is 0 Å². The third-order valence-electron chi connectivity index (χ3n) is 3.96. The van der Waals surface area contributed by atoms with Crippen LogP contribution in [0.15, 0.2) is 0 Å². The lowest BCUT2D eigenvalue weighted by molar-refractivity contribution is 0.381. The van der Waals surface area contributed by atoms with Gasteiger partial charge in [0, 0.05) is 0 Å². The van der Waals surface area contributed by atoms with Crippen molar-refractivity contribution in [2.45, 2.75) is 90.9 Å². The van der Waals surface area contributed by atoms with Crippen LogP contribution < -0.4 is 0 Å². The van der Waals surface area contributed by atoms with Crippen molar-refractivity contribution in [3.63, 3.8) is 0 Å². The van der Waals surface area contributed by atoms with Gasteiger partial charge in [-0.1, -0.05) is 40.0 Å². The van der Waals surface area contributed by atoms with Gasteiger partial charge in [-0.05, 0) is 50.9 Å². The molecule has 0 radical (unpaired) electrons. The van der Waals surface area contributed by atoms with E-state index < -0.39 is 25.2 Å². The van der Waals surface area contributed by atoms with Crippen molar-refractivity contribution in [3.8, 4) is 0 Å². The van der Waals surface area contributed by atoms with E-state index in [4.69, 9.17) is 8.23 Å². The minimum atomic E-state index is -1.98. The maximum atomic E-state index is 6.58. The Morgan fingerprint density at radius 1 is 0.895 bits per heavy atom. The topological polar surface area (TPSA) is 18.5 Å². The summed E-state index contributed by atoms with van der Waals surface area (Å²) in [6.45, 7) is 20.7. The summed E-state index contributed by atoms with van der Waals surface area (Å²) in [5.74, 6) is 0. The first-order chi connectivity index (χ1) is 8.46. The zero-order valence-electron chi connectivity index (χ0n) is 14.7. The quantitative estimate of drug-likeness (QED) is 0.505. The maximum absolute atomic E-state index is 6.58. The largest absolute Gasteiger partial charge is 0.437 e. The monoisotopic (exact) mass is 320 g/mol. The third-order valence-corrected chi connectivity index (χ3v) is 16.5. The molecule has 0 spiro atoms. The van der Waals surface area contributed by atoms with Gasteiger partial charge in [0.2, 0.25) is 0 Å². The minimum absolute atomic E-state index is 0.697. The van der Waals surface area contributed by atoms with Crippen LogP contribution in [0.2, 0.25) is 50.9 Å². The molecule has 0 fully saturated rings. The number of hydrogen-bond acceptors (Lipinski definition) is 2. The van der Waals surface area contributed by atoms with E-state index in [9.17, 15) is 0 Å². The van der Waals surface area contributed by atoms with Crippen molar-refractivity contribution in [1.29, 1.82) is 0 Å². The molecule has 5 heteroatoms. The minimum Gasteiger partial charge on any atom is -0.437 e. The molecule has 0 bridgehead atoms. The Bertz CT molecular complexity index is 265. The van der Waals surface area contributed by atoms with Crippen molar-refractivity contribution in [2.75, 3.05) is 0 Å². The number of rotatable bonds is 9. The maximum Gasteiger partial charge on any atom is 0.311 e. The fourth-order valence-corrected chi connectivity index (χ4v) is 16.9. The molecule has 19 heavy (non-hydrogen) atoms. The molecule has 0 N–H and O–H groups in total. The average molecular weight is 321 g/mol. The summed E-state index contributed by atoms with van der Waals surface area (Å²) in [4.78, 5) is 0. The van der Waals surface area contributed by atoms with Crippen molar-refractivity contribution in [3.05, 3.63) is 0 Å². The lowest BCUT2D eigenvalue weighted by Crippen LogP contribution is -2.53. The highest BCUT2D eigenvalue weighted by atomic mass is 28.5. The highest BCUT2D eigenvalue weighted by Crippen LogP contribution is 2.31. The Hall–Kier alpha value is 0.571. The summed E-state index contributed by atoms with van der Waals surface area (Å²) >= 11 is 0. The van der Waals surface area contributed by atoms with Gasteiger partial charge in [0.25, 0.3) is 0 Å². The molecular weight excluding hydrogens is 284 g/mol. The summed E-state index contributed by atoms with van der Waals surface area (Å²) in [6.07, 6.45) is 3.76. The summed E-state index contributed by atoms with van der Waals surface area (Å²) in [5.41, 5.74) is 0.697. The van der Waals surface area contributed by atoms with Gasteiger partial charge in [0.05, 0.1) is 0 Å². The highest BCUT2D eigenvalue weighted by Gasteiger charge is 2.41. The van der Waals surface area contributed by atoms with Gasteiger partial charge in [-0.15, -0.1) is 0 Å². The van der Waals surface area contributed by atoms with E-state index >= 15 is 0 Å². The Balaban J connectivity index is 4.62. The standard InChI is InChI=1S/C14H36O2Si3/c1-10-12-13-17(4,5)15-19(8,9)16-18(6,7)14(3)11-2/h14H,10-13H2,1-9H3. The summed E-state index contributed by atoms with van der Waals surface area (Å²) < 4.78 is 13.1. The first kappa shape index (κ1) is 19.6. The van der Waals surface area contributed by atoms with Crippen LogP contribution in [0.25, 0.3) is 0 Å². The number of unbranched alkanes of at least 4 members (excludes halogenated alkanes) is 1. The lowest BCUT2D eigenvalue weighted by Gasteiger charge is -2.40. The molecule has 116 valence electrons. The fraction of sp³-hybridized carbons (Fsp3) is 1.00. The van der Waals surface area contributed by atoms with Gasteiger partial charge >= 0.3 is 8.56 Å². The Labute approximate surface area is 124 Å². The highest BCUT2D eigenvalue weighted by molar-refractivity contribution is 6.88. The molecule has 1 unspecified atom stereocenters. The van der Waals surface area contributed by atoms with Gasteiger partial charge in [-0.25, -0.2) is 0 Å². The van der Waals surface area contributed by atoms with E-state index in [0.717, 1.165) is 0 Å². The van der Waals surface area contributed by atoms with Crippen LogP contribution in [0, 0.1) is 0 Å². The third kappa shape index (κ3) is 7.80. The predicted octanol–water partition coefficient (Wildman–Crippen LogP) is 5.73. The average Bonchev–Trinajstić information content (AvgIpc) is 2.21. The summed E-state index contributed by atoms with van der Waals surface area (Å²) in [7, 11) is -5.14. The van der Waals surface area contributed by atoms with E-state index in [-0.39, 0.29) is 0 Å². The normalized spacial score (nSPS) is 15.6. The lowest BCUT2D eigenvalue weighted by atomic mass is 10.4. The van der Waals surface area contributed by atoms with Crippen molar-refractivity contribution < 1.29 is 8.23 Å². The molecule has 0 aliphatic rings. The summed E-state index contributed by atoms with van der Waals surface area (Å²) in [6, 6.07) is 1.26. The second-order valence-electron chi connectivity index (χ2n) is 7.38.